The average molecular weight is 553 g/mol. The summed E-state index contributed by atoms with van der Waals surface area (Å²) in [6, 6.07) is 9.17. The first kappa shape index (κ1) is 28.2. The molecule has 13 heteroatoms. The minimum absolute atomic E-state index is 0.0871. The van der Waals surface area contributed by atoms with Crippen LogP contribution in [0.5, 0.6) is 5.75 Å². The van der Waals surface area contributed by atoms with E-state index < -0.39 is 32.0 Å². The molecule has 2 rings (SSSR count). The molecule has 0 aromatic heterocycles. The molecule has 1 N–H and O–H groups in total. The third-order valence-electron chi connectivity index (χ3n) is 4.70. The minimum atomic E-state index is -3.83. The van der Waals surface area contributed by atoms with Crippen LogP contribution < -0.4 is 14.4 Å². The first-order valence-electron chi connectivity index (χ1n) is 10.2. The van der Waals surface area contributed by atoms with E-state index in [4.69, 9.17) is 27.9 Å². The highest BCUT2D eigenvalue weighted by Gasteiger charge is 2.31. The minimum Gasteiger partial charge on any atom is -0.492 e. The molecule has 0 heterocycles. The number of nitrogens with one attached hydrogen (secondary N) is 1. The number of sulfonamides is 2. The van der Waals surface area contributed by atoms with Crippen LogP contribution in [0.25, 0.3) is 0 Å². The largest absolute Gasteiger partial charge is 0.492 e. The summed E-state index contributed by atoms with van der Waals surface area (Å²) in [4.78, 5) is 13.0. The van der Waals surface area contributed by atoms with Crippen molar-refractivity contribution in [2.75, 3.05) is 37.8 Å². The molecule has 0 saturated carbocycles. The van der Waals surface area contributed by atoms with E-state index in [-0.39, 0.29) is 40.2 Å². The lowest BCUT2D eigenvalue weighted by molar-refractivity contribution is -0.122. The lowest BCUT2D eigenvalue weighted by Crippen LogP contribution is -2.50. The number of anilines is 1. The predicted molar refractivity (Wildman–Crippen MR) is 134 cm³/mol. The number of nitrogens with zero attached hydrogens (tertiary/aromatic N) is 2. The third kappa shape index (κ3) is 7.22. The van der Waals surface area contributed by atoms with Crippen LogP contribution in [0.1, 0.15) is 13.3 Å². The number of hydrogen-bond donors (Lipinski definition) is 1. The molecule has 34 heavy (non-hydrogen) atoms. The van der Waals surface area contributed by atoms with Gasteiger partial charge in [-0.15, -0.1) is 0 Å². The number of carbonyl (C=O) groups excluding carboxylic acids is 1. The average Bonchev–Trinajstić information content (AvgIpc) is 2.73. The molecular formula is C21H27Cl2N3O6S2. The Bertz CT molecular complexity index is 1200. The van der Waals surface area contributed by atoms with Crippen molar-refractivity contribution in [3.8, 4) is 5.75 Å². The number of carbonyl (C=O) groups is 1. The lowest BCUT2D eigenvalue weighted by Gasteiger charge is -2.30. The van der Waals surface area contributed by atoms with Gasteiger partial charge in [0.15, 0.2) is 0 Å². The van der Waals surface area contributed by atoms with Crippen LogP contribution in [-0.4, -0.2) is 66.6 Å². The van der Waals surface area contributed by atoms with E-state index in [9.17, 15) is 21.6 Å². The summed E-state index contributed by atoms with van der Waals surface area (Å²) in [5.41, 5.74) is 0.186. The second-order valence-corrected chi connectivity index (χ2v) is 12.4. The smallest absolute Gasteiger partial charge is 0.244 e. The Kier molecular flexibility index (Phi) is 9.61. The first-order valence-corrected chi connectivity index (χ1v) is 14.2. The Balaban J connectivity index is 2.04. The number of halogens is 2. The predicted octanol–water partition coefficient (Wildman–Crippen LogP) is 2.98. The van der Waals surface area contributed by atoms with Gasteiger partial charge in [0.1, 0.15) is 18.4 Å². The molecule has 2 aromatic rings. The molecule has 0 saturated heterocycles. The van der Waals surface area contributed by atoms with Gasteiger partial charge in [-0.05, 0) is 48.9 Å². The van der Waals surface area contributed by atoms with Gasteiger partial charge in [-0.25, -0.2) is 21.1 Å². The number of rotatable bonds is 11. The zero-order valence-electron chi connectivity index (χ0n) is 19.2. The van der Waals surface area contributed by atoms with E-state index >= 15 is 0 Å². The zero-order valence-corrected chi connectivity index (χ0v) is 22.3. The van der Waals surface area contributed by atoms with E-state index in [0.717, 1.165) is 14.9 Å². The molecule has 0 unspecified atom stereocenters. The van der Waals surface area contributed by atoms with Crippen LogP contribution in [0, 0.1) is 0 Å². The third-order valence-corrected chi connectivity index (χ3v) is 8.15. The molecule has 0 aliphatic heterocycles. The summed E-state index contributed by atoms with van der Waals surface area (Å²) in [5.74, 6) is -0.0922. The molecule has 9 nitrogen and oxygen atoms in total. The fourth-order valence-electron chi connectivity index (χ4n) is 3.11. The first-order chi connectivity index (χ1) is 15.8. The van der Waals surface area contributed by atoms with Crippen LogP contribution in [-0.2, 0) is 24.8 Å². The van der Waals surface area contributed by atoms with Gasteiger partial charge in [0, 0.05) is 24.1 Å². The summed E-state index contributed by atoms with van der Waals surface area (Å²) in [6.45, 7) is 1.87. The van der Waals surface area contributed by atoms with Crippen molar-refractivity contribution < 1.29 is 26.4 Å². The molecule has 0 bridgehead atoms. The standard InChI is InChI=1S/C21H27Cl2N3O6S2/c1-5-20(26(33(4,28)29)17-13-15(22)12-16(23)14-17)21(27)24-10-11-32-18-6-8-19(9-7-18)34(30,31)25(2)3/h6-9,12-14,20H,5,10-11H2,1-4H3,(H,24,27)/t20-/m0/s1. The molecular weight excluding hydrogens is 525 g/mol. The Morgan fingerprint density at radius 1 is 1.03 bits per heavy atom. The summed E-state index contributed by atoms with van der Waals surface area (Å²) < 4.78 is 56.9. The highest BCUT2D eigenvalue weighted by molar-refractivity contribution is 7.92. The molecule has 0 aliphatic carbocycles. The van der Waals surface area contributed by atoms with Gasteiger partial charge in [-0.1, -0.05) is 30.1 Å². The van der Waals surface area contributed by atoms with Crippen LogP contribution in [0.2, 0.25) is 10.0 Å². The second-order valence-electron chi connectivity index (χ2n) is 7.51. The molecule has 1 amide bonds. The fourth-order valence-corrected chi connectivity index (χ4v) is 5.72. The summed E-state index contributed by atoms with van der Waals surface area (Å²) in [6.07, 6.45) is 1.20. The zero-order chi connectivity index (χ0) is 25.7. The number of hydrogen-bond acceptors (Lipinski definition) is 6. The van der Waals surface area contributed by atoms with Gasteiger partial charge < -0.3 is 10.1 Å². The summed E-state index contributed by atoms with van der Waals surface area (Å²) in [5, 5.41) is 3.15. The normalized spacial score (nSPS) is 12.9. The molecule has 0 aliphatic rings. The van der Waals surface area contributed by atoms with Crippen molar-refractivity contribution >= 4 is 54.8 Å². The quantitative estimate of drug-likeness (QED) is 0.429. The Hall–Kier alpha value is -2.05. The highest BCUT2D eigenvalue weighted by atomic mass is 35.5. The van der Waals surface area contributed by atoms with Gasteiger partial charge in [0.2, 0.25) is 26.0 Å². The maximum atomic E-state index is 12.8. The maximum Gasteiger partial charge on any atom is 0.244 e. The van der Waals surface area contributed by atoms with Gasteiger partial charge in [-0.3, -0.25) is 9.10 Å². The summed E-state index contributed by atoms with van der Waals surface area (Å²) in [7, 11) is -4.49. The van der Waals surface area contributed by atoms with E-state index in [1.807, 2.05) is 0 Å². The topological polar surface area (TPSA) is 113 Å². The van der Waals surface area contributed by atoms with E-state index in [1.54, 1.807) is 6.92 Å². The van der Waals surface area contributed by atoms with E-state index in [2.05, 4.69) is 5.32 Å². The van der Waals surface area contributed by atoms with Crippen molar-refractivity contribution in [2.24, 2.45) is 0 Å². The molecule has 2 aromatic carbocycles. The Morgan fingerprint density at radius 3 is 2.06 bits per heavy atom. The monoisotopic (exact) mass is 551 g/mol. The number of amides is 1. The van der Waals surface area contributed by atoms with Crippen molar-refractivity contribution in [3.63, 3.8) is 0 Å². The fraction of sp³-hybridized carbons (Fsp3) is 0.381. The SMILES string of the molecule is CC[C@@H](C(=O)NCCOc1ccc(S(=O)(=O)N(C)C)cc1)N(c1cc(Cl)cc(Cl)c1)S(C)(=O)=O. The summed E-state index contributed by atoms with van der Waals surface area (Å²) >= 11 is 12.0. The second kappa shape index (κ2) is 11.6. The molecule has 1 atom stereocenters. The molecule has 0 spiro atoms. The van der Waals surface area contributed by atoms with E-state index in [0.29, 0.717) is 5.75 Å². The molecule has 188 valence electrons. The van der Waals surface area contributed by atoms with Crippen LogP contribution in [0.15, 0.2) is 47.4 Å². The lowest BCUT2D eigenvalue weighted by atomic mass is 10.2. The van der Waals surface area contributed by atoms with E-state index in [1.165, 1.54) is 56.6 Å². The van der Waals surface area contributed by atoms with Gasteiger partial charge in [-0.2, -0.15) is 0 Å². The van der Waals surface area contributed by atoms with Crippen molar-refractivity contribution in [1.82, 2.24) is 9.62 Å². The number of benzene rings is 2. The van der Waals surface area contributed by atoms with Crippen LogP contribution >= 0.6 is 23.2 Å². The highest BCUT2D eigenvalue weighted by Crippen LogP contribution is 2.29. The molecule has 0 fully saturated rings. The van der Waals surface area contributed by atoms with Gasteiger partial charge in [0.05, 0.1) is 23.4 Å². The van der Waals surface area contributed by atoms with Crippen LogP contribution in [0.4, 0.5) is 5.69 Å². The maximum absolute atomic E-state index is 12.8. The van der Waals surface area contributed by atoms with Crippen molar-refractivity contribution in [3.05, 3.63) is 52.5 Å². The van der Waals surface area contributed by atoms with Gasteiger partial charge in [0.25, 0.3) is 0 Å². The van der Waals surface area contributed by atoms with Crippen LogP contribution in [0.3, 0.4) is 0 Å². The van der Waals surface area contributed by atoms with Crippen molar-refractivity contribution in [1.29, 1.82) is 0 Å². The van der Waals surface area contributed by atoms with Crippen molar-refractivity contribution in [2.45, 2.75) is 24.3 Å². The Morgan fingerprint density at radius 2 is 1.59 bits per heavy atom. The number of ether oxygens (including phenoxy) is 1. The van der Waals surface area contributed by atoms with Gasteiger partial charge >= 0.3 is 0 Å². The molecule has 0 radical (unpaired) electrons. The Labute approximate surface area is 210 Å².